The van der Waals surface area contributed by atoms with E-state index in [0.717, 1.165) is 16.0 Å². The predicted octanol–water partition coefficient (Wildman–Crippen LogP) is 7.84. The number of nitrogens with zero attached hydrogens (tertiary/aromatic N) is 2. The average Bonchev–Trinajstić information content (AvgIpc) is 3.66. The number of carboxylic acid groups (broad SMARTS) is 2. The molecule has 2 fully saturated rings. The number of benzene rings is 2. The van der Waals surface area contributed by atoms with E-state index in [2.05, 4.69) is 74.3 Å². The number of aliphatic hydroxyl groups excluding tert-OH is 1. The molecule has 0 bridgehead atoms. The van der Waals surface area contributed by atoms with Gasteiger partial charge in [-0.1, -0.05) is 122 Å². The lowest BCUT2D eigenvalue weighted by Gasteiger charge is -2.38. The first-order valence-corrected chi connectivity index (χ1v) is 24.5. The van der Waals surface area contributed by atoms with Gasteiger partial charge < -0.3 is 29.2 Å². The molecule has 2 aliphatic heterocycles. The molecule has 12 nitrogen and oxygen atoms in total. The average molecular weight is 775 g/mol. The molecule has 0 spiro atoms. The van der Waals surface area contributed by atoms with Crippen molar-refractivity contribution < 1.29 is 48.4 Å². The molecule has 0 aliphatic carbocycles. The van der Waals surface area contributed by atoms with Gasteiger partial charge in [-0.25, -0.2) is 19.2 Å². The Labute approximate surface area is 317 Å². The summed E-state index contributed by atoms with van der Waals surface area (Å²) in [5.41, 5.74) is 1.68. The van der Waals surface area contributed by atoms with E-state index >= 15 is 0 Å². The maximum atomic E-state index is 12.4. The number of aliphatic hydroxyl groups is 1. The highest BCUT2D eigenvalue weighted by molar-refractivity contribution is 6.78. The Balaban J connectivity index is 0.000000314. The third-order valence-corrected chi connectivity index (χ3v) is 19.5. The van der Waals surface area contributed by atoms with Crippen molar-refractivity contribution in [2.24, 2.45) is 0 Å². The number of carbonyl (C=O) groups is 4. The lowest BCUT2D eigenvalue weighted by atomic mass is 10.2. The van der Waals surface area contributed by atoms with E-state index in [9.17, 15) is 29.4 Å². The maximum absolute atomic E-state index is 12.4. The van der Waals surface area contributed by atoms with Gasteiger partial charge in [0.05, 0.1) is 18.8 Å². The number of aliphatic carboxylic acids is 2. The number of likely N-dealkylation sites (tertiary alicyclic amines) is 2. The molecule has 2 aromatic carbocycles. The van der Waals surface area contributed by atoms with Crippen LogP contribution in [0, 0.1) is 0 Å². The van der Waals surface area contributed by atoms with Crippen LogP contribution in [0.25, 0.3) is 0 Å². The number of hydrogen-bond acceptors (Lipinski definition) is 8. The van der Waals surface area contributed by atoms with Gasteiger partial charge in [-0.05, 0) is 34.3 Å². The van der Waals surface area contributed by atoms with Gasteiger partial charge in [0.2, 0.25) is 0 Å². The minimum atomic E-state index is -2.04. The Morgan fingerprint density at radius 1 is 0.660 bits per heavy atom. The summed E-state index contributed by atoms with van der Waals surface area (Å²) in [6.45, 7) is 25.3. The summed E-state index contributed by atoms with van der Waals surface area (Å²) in [6.07, 6.45) is -2.08. The number of ether oxygens (including phenoxy) is 2. The van der Waals surface area contributed by atoms with Gasteiger partial charge in [0.15, 0.2) is 8.32 Å². The van der Waals surface area contributed by atoms with E-state index in [1.54, 1.807) is 12.1 Å². The molecule has 2 aromatic rings. The van der Waals surface area contributed by atoms with Gasteiger partial charge in [-0.2, -0.15) is 0 Å². The topological polar surface area (TPSA) is 163 Å². The Morgan fingerprint density at radius 3 is 1.40 bits per heavy atom. The monoisotopic (exact) mass is 774 g/mol. The molecule has 53 heavy (non-hydrogen) atoms. The highest BCUT2D eigenvalue weighted by atomic mass is 28.4. The summed E-state index contributed by atoms with van der Waals surface area (Å²) in [4.78, 5) is 49.2. The Bertz CT molecular complexity index is 1480. The summed E-state index contributed by atoms with van der Waals surface area (Å²) < 4.78 is 16.7. The summed E-state index contributed by atoms with van der Waals surface area (Å²) >= 11 is 0. The Hall–Kier alpha value is -3.73. The van der Waals surface area contributed by atoms with Gasteiger partial charge in [-0.3, -0.25) is 9.80 Å². The summed E-state index contributed by atoms with van der Waals surface area (Å²) in [7, 11) is -2.90. The van der Waals surface area contributed by atoms with Crippen LogP contribution >= 0.6 is 0 Å². The molecule has 14 heteroatoms. The fraction of sp³-hybridized carbons (Fsp3) is 0.590. The first-order chi connectivity index (χ1) is 24.3. The molecule has 0 aromatic heterocycles. The zero-order valence-corrected chi connectivity index (χ0v) is 35.4. The smallest absolute Gasteiger partial charge is 0.410 e. The van der Waals surface area contributed by atoms with Gasteiger partial charge in [0.25, 0.3) is 0 Å². The van der Waals surface area contributed by atoms with Crippen LogP contribution in [0.1, 0.15) is 65.5 Å². The molecule has 4 atom stereocenters. The fourth-order valence-electron chi connectivity index (χ4n) is 4.77. The van der Waals surface area contributed by atoms with E-state index in [-0.39, 0.29) is 43.9 Å². The second kappa shape index (κ2) is 19.0. The van der Waals surface area contributed by atoms with Crippen LogP contribution in [0.3, 0.4) is 0 Å². The quantitative estimate of drug-likeness (QED) is 0.225. The van der Waals surface area contributed by atoms with Crippen LogP contribution in [0.4, 0.5) is 9.59 Å². The van der Waals surface area contributed by atoms with Gasteiger partial charge >= 0.3 is 24.1 Å². The molecule has 0 unspecified atom stereocenters. The summed E-state index contributed by atoms with van der Waals surface area (Å²) in [5, 5.41) is 28.5. The number of hydrogen-bond donors (Lipinski definition) is 3. The van der Waals surface area contributed by atoms with Gasteiger partial charge in [0, 0.05) is 27.5 Å². The van der Waals surface area contributed by atoms with Crippen molar-refractivity contribution >= 4 is 40.5 Å². The minimum Gasteiger partial charge on any atom is -0.480 e. The minimum absolute atomic E-state index is 0.00934. The van der Waals surface area contributed by atoms with E-state index in [4.69, 9.17) is 19.0 Å². The highest BCUT2D eigenvalue weighted by Crippen LogP contribution is 2.39. The van der Waals surface area contributed by atoms with E-state index in [1.807, 2.05) is 48.5 Å². The van der Waals surface area contributed by atoms with Crippen LogP contribution in [-0.2, 0) is 36.7 Å². The largest absolute Gasteiger partial charge is 0.480 e. The van der Waals surface area contributed by atoms with E-state index in [0.29, 0.717) is 11.5 Å². The van der Waals surface area contributed by atoms with Crippen molar-refractivity contribution in [2.75, 3.05) is 13.1 Å². The zero-order valence-electron chi connectivity index (χ0n) is 33.4. The lowest BCUT2D eigenvalue weighted by molar-refractivity contribution is -0.142. The molecule has 0 saturated carbocycles. The third kappa shape index (κ3) is 14.2. The van der Waals surface area contributed by atoms with Crippen LogP contribution in [0.15, 0.2) is 60.7 Å². The van der Waals surface area contributed by atoms with Gasteiger partial charge in [0.1, 0.15) is 25.3 Å². The van der Waals surface area contributed by atoms with Crippen molar-refractivity contribution in [3.8, 4) is 0 Å². The number of carbonyl (C=O) groups excluding carboxylic acids is 2. The zero-order chi connectivity index (χ0) is 40.4. The third-order valence-electron chi connectivity index (χ3n) is 10.5. The standard InChI is InChI=1S/C19H29NO5Si.C13H15NO5.C7H18Si/c1-19(2,3)26(4,5)25-15-11-16(17(21)22)20(12-15)18(23)24-13-14-9-7-6-8-10-14;15-10-6-11(12(16)17)14(7-10)13(18)19-8-9-4-2-1-3-5-9;1-7(2,3)8(4,5)6/h6-10,15-16H,11-13H2,1-5H3,(H,21,22);1-5,10-11,15H,6-8H2,(H,16,17);1-6H3/t15-,16+;10-,11+;/m11./s1. The Kier molecular flexibility index (Phi) is 16.3. The molecule has 2 amide bonds. The molecule has 2 heterocycles. The number of rotatable bonds is 8. The van der Waals surface area contributed by atoms with Crippen LogP contribution in [-0.4, -0.2) is 103 Å². The van der Waals surface area contributed by atoms with E-state index < -0.39 is 58.7 Å². The van der Waals surface area contributed by atoms with Crippen molar-refractivity contribution in [3.05, 3.63) is 71.8 Å². The molecule has 0 radical (unpaired) electrons. The molecule has 3 N–H and O–H groups in total. The van der Waals surface area contributed by atoms with Gasteiger partial charge in [-0.15, -0.1) is 0 Å². The van der Waals surface area contributed by atoms with Crippen molar-refractivity contribution in [2.45, 2.75) is 135 Å². The fourth-order valence-corrected chi connectivity index (χ4v) is 6.12. The SMILES string of the molecule is CC(C)(C)[Si](C)(C)C.CC(C)(C)[Si](C)(C)O[C@@H]1C[C@@H](C(=O)O)N(C(=O)OCc2ccccc2)C1.O=C(O)[C@@H]1C[C@@H](O)CN1C(=O)OCc1ccccc1. The Morgan fingerprint density at radius 2 is 1.04 bits per heavy atom. The molecule has 2 saturated heterocycles. The predicted molar refractivity (Wildman–Crippen MR) is 210 cm³/mol. The normalized spacial score (nSPS) is 20.4. The maximum Gasteiger partial charge on any atom is 0.410 e. The molecule has 2 aliphatic rings. The molecule has 4 rings (SSSR count). The molecule has 296 valence electrons. The molecular formula is C39H62N2O10Si2. The number of amides is 2. The van der Waals surface area contributed by atoms with Crippen molar-refractivity contribution in [1.29, 1.82) is 0 Å². The van der Waals surface area contributed by atoms with Crippen molar-refractivity contribution in [3.63, 3.8) is 0 Å². The second-order valence-corrected chi connectivity index (χ2v) is 28.0. The number of carboxylic acids is 2. The highest BCUT2D eigenvalue weighted by Gasteiger charge is 2.46. The summed E-state index contributed by atoms with van der Waals surface area (Å²) in [6, 6.07) is 16.5. The van der Waals surface area contributed by atoms with E-state index in [1.165, 1.54) is 4.90 Å². The second-order valence-electron chi connectivity index (χ2n) is 17.2. The first-order valence-electron chi connectivity index (χ1n) is 18.1. The van der Waals surface area contributed by atoms with Crippen LogP contribution in [0.2, 0.25) is 42.8 Å². The number of β-amino-alcohol motifs (C(OH)–C–C–N with tert-alkyl or cyclic N) is 1. The van der Waals surface area contributed by atoms with Crippen LogP contribution in [0.5, 0.6) is 0 Å². The molecular weight excluding hydrogens is 713 g/mol. The first kappa shape index (κ1) is 45.4. The lowest BCUT2D eigenvalue weighted by Crippen LogP contribution is -2.45. The van der Waals surface area contributed by atoms with Crippen molar-refractivity contribution in [1.82, 2.24) is 9.80 Å². The van der Waals surface area contributed by atoms with Crippen LogP contribution < -0.4 is 0 Å². The summed E-state index contributed by atoms with van der Waals surface area (Å²) in [5.74, 6) is -2.16.